The molecule has 1 heterocycles. The lowest BCUT2D eigenvalue weighted by atomic mass is 9.80. The van der Waals surface area contributed by atoms with Crippen LogP contribution in [0.15, 0.2) is 12.1 Å². The number of hydrogen-bond donors (Lipinski definition) is 1. The number of nitrogens with zero attached hydrogens (tertiary/aromatic N) is 1. The summed E-state index contributed by atoms with van der Waals surface area (Å²) in [6.07, 6.45) is 6.49. The van der Waals surface area contributed by atoms with E-state index >= 15 is 0 Å². The van der Waals surface area contributed by atoms with E-state index in [9.17, 15) is 0 Å². The lowest BCUT2D eigenvalue weighted by Gasteiger charge is -2.47. The van der Waals surface area contributed by atoms with Crippen LogP contribution < -0.4 is 10.2 Å². The molecule has 2 fully saturated rings. The predicted octanol–water partition coefficient (Wildman–Crippen LogP) is 4.76. The van der Waals surface area contributed by atoms with Gasteiger partial charge in [-0.25, -0.2) is 0 Å². The summed E-state index contributed by atoms with van der Waals surface area (Å²) >= 11 is 18.5. The Hall–Kier alpha value is -0.150. The van der Waals surface area contributed by atoms with Crippen LogP contribution in [0.25, 0.3) is 0 Å². The summed E-state index contributed by atoms with van der Waals surface area (Å²) in [5.74, 6) is 0. The highest BCUT2D eigenvalue weighted by molar-refractivity contribution is 6.44. The molecular weight excluding hydrogens is 315 g/mol. The van der Waals surface area contributed by atoms with Gasteiger partial charge in [0.25, 0.3) is 0 Å². The first-order valence-electron chi connectivity index (χ1n) is 7.24. The fourth-order valence-corrected chi connectivity index (χ4v) is 4.14. The maximum Gasteiger partial charge on any atom is 0.0655 e. The van der Waals surface area contributed by atoms with Crippen LogP contribution in [0.2, 0.25) is 15.1 Å². The molecule has 2 nitrogen and oxygen atoms in total. The summed E-state index contributed by atoms with van der Waals surface area (Å²) in [6.45, 7) is 2.96. The van der Waals surface area contributed by atoms with Crippen LogP contribution in [-0.4, -0.2) is 25.2 Å². The number of piperazine rings is 1. The second kappa shape index (κ2) is 5.92. The van der Waals surface area contributed by atoms with Gasteiger partial charge in [-0.05, 0) is 25.0 Å². The highest BCUT2D eigenvalue weighted by Crippen LogP contribution is 2.38. The van der Waals surface area contributed by atoms with Gasteiger partial charge in [-0.1, -0.05) is 54.1 Å². The van der Waals surface area contributed by atoms with Crippen LogP contribution in [0, 0.1) is 0 Å². The Morgan fingerprint density at radius 2 is 1.65 bits per heavy atom. The zero-order valence-corrected chi connectivity index (χ0v) is 13.7. The third kappa shape index (κ3) is 2.89. The molecule has 0 aromatic heterocycles. The van der Waals surface area contributed by atoms with E-state index < -0.39 is 0 Å². The number of nitrogens with one attached hydrogen (secondary N) is 1. The molecule has 2 aliphatic rings. The third-order valence-electron chi connectivity index (χ3n) is 4.52. The Kier molecular flexibility index (Phi) is 4.37. The number of hydrogen-bond acceptors (Lipinski definition) is 2. The summed E-state index contributed by atoms with van der Waals surface area (Å²) < 4.78 is 0. The van der Waals surface area contributed by atoms with Crippen LogP contribution >= 0.6 is 34.8 Å². The SMILES string of the molecule is Clc1cc(Cl)c(N2CCNC3(CCCCC3)C2)cc1Cl. The van der Waals surface area contributed by atoms with Gasteiger partial charge in [0.2, 0.25) is 0 Å². The maximum absolute atomic E-state index is 6.36. The lowest BCUT2D eigenvalue weighted by Crippen LogP contribution is -2.61. The fourth-order valence-electron chi connectivity index (χ4n) is 3.48. The van der Waals surface area contributed by atoms with Crippen LogP contribution in [0.3, 0.4) is 0 Å². The largest absolute Gasteiger partial charge is 0.367 e. The summed E-state index contributed by atoms with van der Waals surface area (Å²) in [4.78, 5) is 2.35. The van der Waals surface area contributed by atoms with E-state index in [0.29, 0.717) is 15.1 Å². The number of rotatable bonds is 1. The summed E-state index contributed by atoms with van der Waals surface area (Å²) in [7, 11) is 0. The van der Waals surface area contributed by atoms with Crippen molar-refractivity contribution in [3.05, 3.63) is 27.2 Å². The first kappa shape index (κ1) is 14.8. The van der Waals surface area contributed by atoms with E-state index in [0.717, 1.165) is 25.3 Å². The number of anilines is 1. The molecule has 0 radical (unpaired) electrons. The molecule has 0 unspecified atom stereocenters. The Morgan fingerprint density at radius 3 is 2.40 bits per heavy atom. The van der Waals surface area contributed by atoms with Crippen molar-refractivity contribution >= 4 is 40.5 Å². The normalized spacial score (nSPS) is 22.2. The number of benzene rings is 1. The first-order chi connectivity index (χ1) is 9.60. The predicted molar refractivity (Wildman–Crippen MR) is 87.5 cm³/mol. The standard InChI is InChI=1S/C15H19Cl3N2/c16-11-8-13(18)14(9-12(11)17)20-7-6-19-15(10-20)4-2-1-3-5-15/h8-9,19H,1-7,10H2. The minimum absolute atomic E-state index is 0.256. The average Bonchev–Trinajstić information content (AvgIpc) is 2.44. The monoisotopic (exact) mass is 332 g/mol. The second-order valence-corrected chi connectivity index (χ2v) is 7.13. The van der Waals surface area contributed by atoms with Crippen molar-refractivity contribution < 1.29 is 0 Å². The molecule has 1 saturated heterocycles. The molecule has 1 aliphatic heterocycles. The topological polar surface area (TPSA) is 15.3 Å². The van der Waals surface area contributed by atoms with Gasteiger partial charge in [0, 0.05) is 25.2 Å². The second-order valence-electron chi connectivity index (χ2n) is 5.91. The molecule has 0 amide bonds. The molecule has 0 atom stereocenters. The Labute approximate surface area is 135 Å². The van der Waals surface area contributed by atoms with Crippen LogP contribution in [0.4, 0.5) is 5.69 Å². The quantitative estimate of drug-likeness (QED) is 0.745. The molecule has 20 heavy (non-hydrogen) atoms. The average molecular weight is 334 g/mol. The van der Waals surface area contributed by atoms with E-state index in [1.807, 2.05) is 6.07 Å². The lowest BCUT2D eigenvalue weighted by molar-refractivity contribution is 0.216. The fraction of sp³-hybridized carbons (Fsp3) is 0.600. The summed E-state index contributed by atoms with van der Waals surface area (Å²) in [5.41, 5.74) is 1.26. The third-order valence-corrected chi connectivity index (χ3v) is 5.54. The van der Waals surface area contributed by atoms with E-state index in [1.54, 1.807) is 6.07 Å². The molecule has 1 spiro atoms. The van der Waals surface area contributed by atoms with Gasteiger partial charge in [0.1, 0.15) is 0 Å². The zero-order chi connectivity index (χ0) is 14.2. The van der Waals surface area contributed by atoms with Crippen molar-refractivity contribution in [2.45, 2.75) is 37.6 Å². The molecule has 3 rings (SSSR count). The molecule has 5 heteroatoms. The van der Waals surface area contributed by atoms with Crippen molar-refractivity contribution in [2.24, 2.45) is 0 Å². The molecule has 1 aromatic carbocycles. The smallest absolute Gasteiger partial charge is 0.0655 e. The highest BCUT2D eigenvalue weighted by Gasteiger charge is 2.36. The van der Waals surface area contributed by atoms with Gasteiger partial charge >= 0.3 is 0 Å². The van der Waals surface area contributed by atoms with Crippen molar-refractivity contribution in [3.63, 3.8) is 0 Å². The molecule has 0 bridgehead atoms. The molecule has 110 valence electrons. The van der Waals surface area contributed by atoms with E-state index in [1.165, 1.54) is 32.1 Å². The van der Waals surface area contributed by atoms with Gasteiger partial charge in [0.05, 0.1) is 20.8 Å². The van der Waals surface area contributed by atoms with Gasteiger partial charge < -0.3 is 10.2 Å². The van der Waals surface area contributed by atoms with Crippen molar-refractivity contribution in [1.29, 1.82) is 0 Å². The minimum atomic E-state index is 0.256. The van der Waals surface area contributed by atoms with Crippen molar-refractivity contribution in [2.75, 3.05) is 24.5 Å². The summed E-state index contributed by atoms with van der Waals surface area (Å²) in [6, 6.07) is 3.64. The number of halogens is 3. The van der Waals surface area contributed by atoms with Gasteiger partial charge in [-0.2, -0.15) is 0 Å². The molecule has 1 N–H and O–H groups in total. The van der Waals surface area contributed by atoms with Gasteiger partial charge in [0.15, 0.2) is 0 Å². The van der Waals surface area contributed by atoms with E-state index in [-0.39, 0.29) is 5.54 Å². The van der Waals surface area contributed by atoms with Crippen molar-refractivity contribution in [1.82, 2.24) is 5.32 Å². The van der Waals surface area contributed by atoms with Crippen LogP contribution in [0.1, 0.15) is 32.1 Å². The first-order valence-corrected chi connectivity index (χ1v) is 8.38. The maximum atomic E-state index is 6.36. The Bertz CT molecular complexity index is 493. The molecule has 1 aliphatic carbocycles. The van der Waals surface area contributed by atoms with Crippen LogP contribution in [-0.2, 0) is 0 Å². The molecule has 1 saturated carbocycles. The minimum Gasteiger partial charge on any atom is -0.367 e. The zero-order valence-electron chi connectivity index (χ0n) is 11.4. The van der Waals surface area contributed by atoms with Gasteiger partial charge in [-0.3, -0.25) is 0 Å². The van der Waals surface area contributed by atoms with Gasteiger partial charge in [-0.15, -0.1) is 0 Å². The Balaban J connectivity index is 1.85. The summed E-state index contributed by atoms with van der Waals surface area (Å²) in [5, 5.41) is 5.51. The highest BCUT2D eigenvalue weighted by atomic mass is 35.5. The van der Waals surface area contributed by atoms with Crippen molar-refractivity contribution in [3.8, 4) is 0 Å². The molecule has 1 aromatic rings. The molecular formula is C15H19Cl3N2. The van der Waals surface area contributed by atoms with E-state index in [4.69, 9.17) is 34.8 Å². The van der Waals surface area contributed by atoms with E-state index in [2.05, 4.69) is 10.2 Å². The Morgan fingerprint density at radius 1 is 0.950 bits per heavy atom. The van der Waals surface area contributed by atoms with Crippen LogP contribution in [0.5, 0.6) is 0 Å².